The normalized spacial score (nSPS) is 22.9. The molecule has 1 aromatic carbocycles. The SMILES string of the molecule is COc1c(C2=CC(=O)N3NCC(c4ccccn4)C3N2)ccc2c1OCO2. The van der Waals surface area contributed by atoms with Crippen LogP contribution < -0.4 is 25.0 Å². The first-order valence-corrected chi connectivity index (χ1v) is 8.69. The summed E-state index contributed by atoms with van der Waals surface area (Å²) < 4.78 is 16.5. The Morgan fingerprint density at radius 3 is 3.00 bits per heavy atom. The minimum atomic E-state index is -0.248. The third kappa shape index (κ3) is 2.48. The number of pyridine rings is 1. The molecule has 2 aromatic rings. The zero-order chi connectivity index (χ0) is 18.4. The van der Waals surface area contributed by atoms with Crippen molar-refractivity contribution in [1.29, 1.82) is 0 Å². The largest absolute Gasteiger partial charge is 0.492 e. The smallest absolute Gasteiger partial charge is 0.264 e. The number of hydrogen-bond acceptors (Lipinski definition) is 7. The van der Waals surface area contributed by atoms with Gasteiger partial charge in [0.25, 0.3) is 5.91 Å². The first kappa shape index (κ1) is 16.0. The van der Waals surface area contributed by atoms with Gasteiger partial charge in [-0.2, -0.15) is 0 Å². The molecule has 0 spiro atoms. The van der Waals surface area contributed by atoms with E-state index in [2.05, 4.69) is 15.7 Å². The molecule has 27 heavy (non-hydrogen) atoms. The number of fused-ring (bicyclic) bond motifs is 2. The van der Waals surface area contributed by atoms with Gasteiger partial charge in [0.1, 0.15) is 6.17 Å². The van der Waals surface area contributed by atoms with Gasteiger partial charge in [-0.15, -0.1) is 0 Å². The van der Waals surface area contributed by atoms with E-state index in [-0.39, 0.29) is 24.8 Å². The van der Waals surface area contributed by atoms with Crippen LogP contribution >= 0.6 is 0 Å². The second kappa shape index (κ2) is 6.17. The summed E-state index contributed by atoms with van der Waals surface area (Å²) in [6, 6.07) is 9.50. The standard InChI is InChI=1S/C19H18N4O4/c1-25-17-11(5-6-15-18(17)27-10-26-15)14-8-16(24)23-19(22-14)12(9-21-23)13-4-2-3-7-20-13/h2-8,12,19,21-22H,9-10H2,1H3. The number of ether oxygens (including phenoxy) is 3. The molecular formula is C19H18N4O4. The van der Waals surface area contributed by atoms with Gasteiger partial charge in [0, 0.05) is 30.1 Å². The summed E-state index contributed by atoms with van der Waals surface area (Å²) >= 11 is 0. The van der Waals surface area contributed by atoms with Crippen LogP contribution in [0.25, 0.3) is 5.70 Å². The summed E-state index contributed by atoms with van der Waals surface area (Å²) in [6.45, 7) is 0.780. The van der Waals surface area contributed by atoms with Crippen molar-refractivity contribution in [2.24, 2.45) is 0 Å². The highest BCUT2D eigenvalue weighted by molar-refractivity contribution is 5.97. The number of aromatic nitrogens is 1. The molecule has 2 unspecified atom stereocenters. The van der Waals surface area contributed by atoms with Crippen molar-refractivity contribution in [2.75, 3.05) is 20.4 Å². The predicted molar refractivity (Wildman–Crippen MR) is 95.8 cm³/mol. The van der Waals surface area contributed by atoms with Crippen molar-refractivity contribution >= 4 is 11.6 Å². The maximum atomic E-state index is 12.7. The average Bonchev–Trinajstić information content (AvgIpc) is 3.34. The van der Waals surface area contributed by atoms with Gasteiger partial charge in [-0.25, -0.2) is 5.43 Å². The summed E-state index contributed by atoms with van der Waals surface area (Å²) in [5.74, 6) is 1.64. The van der Waals surface area contributed by atoms with Gasteiger partial charge in [0.05, 0.1) is 18.7 Å². The van der Waals surface area contributed by atoms with Crippen molar-refractivity contribution in [3.63, 3.8) is 0 Å². The van der Waals surface area contributed by atoms with Gasteiger partial charge in [0.15, 0.2) is 11.5 Å². The maximum Gasteiger partial charge on any atom is 0.264 e. The molecule has 0 bridgehead atoms. The Morgan fingerprint density at radius 1 is 1.26 bits per heavy atom. The second-order valence-electron chi connectivity index (χ2n) is 6.46. The molecule has 2 atom stereocenters. The molecule has 1 aromatic heterocycles. The van der Waals surface area contributed by atoms with Crippen molar-refractivity contribution < 1.29 is 19.0 Å². The van der Waals surface area contributed by atoms with Crippen LogP contribution in [0.1, 0.15) is 17.2 Å². The Bertz CT molecular complexity index is 931. The molecule has 3 aliphatic rings. The molecule has 3 aliphatic heterocycles. The quantitative estimate of drug-likeness (QED) is 0.845. The van der Waals surface area contributed by atoms with Crippen LogP contribution in [0.2, 0.25) is 0 Å². The number of nitrogens with one attached hydrogen (secondary N) is 2. The fourth-order valence-electron chi connectivity index (χ4n) is 3.74. The average molecular weight is 366 g/mol. The molecule has 1 saturated heterocycles. The number of carbonyl (C=O) groups is 1. The predicted octanol–water partition coefficient (Wildman–Crippen LogP) is 1.22. The first-order chi connectivity index (χ1) is 13.3. The molecule has 0 saturated carbocycles. The summed E-state index contributed by atoms with van der Waals surface area (Å²) in [7, 11) is 1.58. The van der Waals surface area contributed by atoms with E-state index in [1.54, 1.807) is 24.4 Å². The molecule has 0 radical (unpaired) electrons. The minimum absolute atomic E-state index is 0.0267. The Hall–Kier alpha value is -3.26. The molecule has 5 rings (SSSR count). The summed E-state index contributed by atoms with van der Waals surface area (Å²) in [5, 5.41) is 5.08. The number of amides is 1. The number of nitrogens with zero attached hydrogens (tertiary/aromatic N) is 2. The molecule has 1 amide bonds. The van der Waals surface area contributed by atoms with Gasteiger partial charge in [-0.3, -0.25) is 14.8 Å². The summed E-state index contributed by atoms with van der Waals surface area (Å²) in [4.78, 5) is 17.2. The van der Waals surface area contributed by atoms with Gasteiger partial charge >= 0.3 is 0 Å². The lowest BCUT2D eigenvalue weighted by Gasteiger charge is -2.33. The van der Waals surface area contributed by atoms with Crippen LogP contribution in [0.5, 0.6) is 17.2 Å². The Morgan fingerprint density at radius 2 is 2.19 bits per heavy atom. The van der Waals surface area contributed by atoms with Crippen LogP contribution in [-0.4, -0.2) is 42.5 Å². The fraction of sp³-hybridized carbons (Fsp3) is 0.263. The van der Waals surface area contributed by atoms with Crippen LogP contribution in [0.15, 0.2) is 42.6 Å². The Labute approximate surface area is 155 Å². The van der Waals surface area contributed by atoms with Crippen molar-refractivity contribution in [1.82, 2.24) is 20.7 Å². The lowest BCUT2D eigenvalue weighted by molar-refractivity contribution is -0.130. The van der Waals surface area contributed by atoms with Crippen molar-refractivity contribution in [2.45, 2.75) is 12.1 Å². The number of methoxy groups -OCH3 is 1. The lowest BCUT2D eigenvalue weighted by Crippen LogP contribution is -2.52. The van der Waals surface area contributed by atoms with Gasteiger partial charge in [0.2, 0.25) is 12.5 Å². The lowest BCUT2D eigenvalue weighted by atomic mass is 9.99. The molecule has 2 N–H and O–H groups in total. The molecular weight excluding hydrogens is 348 g/mol. The zero-order valence-electron chi connectivity index (χ0n) is 14.6. The molecule has 4 heterocycles. The van der Waals surface area contributed by atoms with E-state index in [0.717, 1.165) is 11.3 Å². The highest BCUT2D eigenvalue weighted by atomic mass is 16.7. The minimum Gasteiger partial charge on any atom is -0.492 e. The highest BCUT2D eigenvalue weighted by Crippen LogP contribution is 2.45. The number of hydrazine groups is 1. The van der Waals surface area contributed by atoms with Gasteiger partial charge in [-0.05, 0) is 24.3 Å². The molecule has 138 valence electrons. The van der Waals surface area contributed by atoms with E-state index in [1.807, 2.05) is 30.3 Å². The van der Waals surface area contributed by atoms with E-state index in [4.69, 9.17) is 14.2 Å². The van der Waals surface area contributed by atoms with E-state index in [9.17, 15) is 4.79 Å². The van der Waals surface area contributed by atoms with Crippen LogP contribution in [0, 0.1) is 0 Å². The van der Waals surface area contributed by atoms with Gasteiger partial charge in [-0.1, -0.05) is 6.07 Å². The maximum absolute atomic E-state index is 12.7. The summed E-state index contributed by atoms with van der Waals surface area (Å²) in [6.07, 6.45) is 3.08. The third-order valence-corrected chi connectivity index (χ3v) is 5.01. The molecule has 8 nitrogen and oxygen atoms in total. The van der Waals surface area contributed by atoms with Gasteiger partial charge < -0.3 is 19.5 Å². The van der Waals surface area contributed by atoms with Crippen LogP contribution in [-0.2, 0) is 4.79 Å². The summed E-state index contributed by atoms with van der Waals surface area (Å²) in [5.41, 5.74) is 5.52. The monoisotopic (exact) mass is 366 g/mol. The first-order valence-electron chi connectivity index (χ1n) is 8.69. The topological polar surface area (TPSA) is 85.0 Å². The van der Waals surface area contributed by atoms with Crippen molar-refractivity contribution in [3.8, 4) is 17.2 Å². The third-order valence-electron chi connectivity index (χ3n) is 5.01. The number of benzene rings is 1. The number of rotatable bonds is 3. The highest BCUT2D eigenvalue weighted by Gasteiger charge is 2.41. The fourth-order valence-corrected chi connectivity index (χ4v) is 3.74. The molecule has 0 aliphatic carbocycles. The van der Waals surface area contributed by atoms with E-state index in [1.165, 1.54) is 0 Å². The van der Waals surface area contributed by atoms with Crippen LogP contribution in [0.3, 0.4) is 0 Å². The number of hydrogen-bond donors (Lipinski definition) is 2. The van der Waals surface area contributed by atoms with E-state index < -0.39 is 0 Å². The van der Waals surface area contributed by atoms with E-state index in [0.29, 0.717) is 29.5 Å². The molecule has 8 heteroatoms. The number of carbonyl (C=O) groups excluding carboxylic acids is 1. The van der Waals surface area contributed by atoms with Crippen LogP contribution in [0.4, 0.5) is 0 Å². The second-order valence-corrected chi connectivity index (χ2v) is 6.46. The Balaban J connectivity index is 1.52. The Kier molecular flexibility index (Phi) is 3.64. The van der Waals surface area contributed by atoms with E-state index >= 15 is 0 Å². The molecule has 1 fully saturated rings. The van der Waals surface area contributed by atoms with Crippen molar-refractivity contribution in [3.05, 3.63) is 53.9 Å². The zero-order valence-corrected chi connectivity index (χ0v) is 14.6.